The van der Waals surface area contributed by atoms with E-state index in [1.807, 2.05) is 0 Å². The summed E-state index contributed by atoms with van der Waals surface area (Å²) in [5, 5.41) is 55.5. The first-order chi connectivity index (χ1) is 25.9. The maximum atomic E-state index is 13.9. The fraction of sp³-hybridized carbons (Fsp3) is 0.211. The fourth-order valence-corrected chi connectivity index (χ4v) is 6.09. The number of carboxylic acid groups (broad SMARTS) is 2. The molecule has 16 heteroatoms. The van der Waals surface area contributed by atoms with Gasteiger partial charge in [-0.3, -0.25) is 19.2 Å². The average molecular weight is 739 g/mol. The van der Waals surface area contributed by atoms with Gasteiger partial charge < -0.3 is 52.3 Å². The standard InChI is InChI=1S/C38H38N6O10/c45-27-13-14-28(46)32-31(27)33(47)29-23(39-15-17-41-35(49)25(43-37(51)52)19-21-7-3-1-4-8-21)11-12-24(30(29)34(32)48)40-16-18-42-36(50)26(44-38(53)54)20-22-9-5-2-6-10-22/h1-14,25-26,39-40,43-46H,15-20H2,(H,41,49)(H,42,50)(H,51,52)(H,53,54)/t25-,26-/m0/s1. The summed E-state index contributed by atoms with van der Waals surface area (Å²) in [6.07, 6.45) is -2.52. The number of fused-ring (bicyclic) bond motifs is 2. The van der Waals surface area contributed by atoms with Crippen molar-refractivity contribution in [1.29, 1.82) is 0 Å². The molecule has 0 heterocycles. The van der Waals surface area contributed by atoms with E-state index in [0.717, 1.165) is 23.3 Å². The van der Waals surface area contributed by atoms with Gasteiger partial charge in [-0.15, -0.1) is 0 Å². The first-order valence-corrected chi connectivity index (χ1v) is 16.9. The number of anilines is 2. The third-order valence-corrected chi connectivity index (χ3v) is 8.55. The van der Waals surface area contributed by atoms with Gasteiger partial charge in [0.15, 0.2) is 0 Å². The lowest BCUT2D eigenvalue weighted by molar-refractivity contribution is -0.123. The molecular weight excluding hydrogens is 700 g/mol. The molecule has 1 aliphatic rings. The van der Waals surface area contributed by atoms with Gasteiger partial charge in [-0.25, -0.2) is 9.59 Å². The molecule has 2 atom stereocenters. The number of phenolic OH excluding ortho intramolecular Hbond substituents is 2. The van der Waals surface area contributed by atoms with Gasteiger partial charge in [-0.05, 0) is 35.4 Å². The molecule has 280 valence electrons. The number of hydrogen-bond acceptors (Lipinski definition) is 10. The molecule has 0 aromatic heterocycles. The zero-order chi connectivity index (χ0) is 38.8. The Labute approximate surface area is 308 Å². The van der Waals surface area contributed by atoms with Gasteiger partial charge in [-0.2, -0.15) is 0 Å². The van der Waals surface area contributed by atoms with Gasteiger partial charge in [0.1, 0.15) is 23.6 Å². The molecule has 0 fully saturated rings. The quantitative estimate of drug-likeness (QED) is 0.0518. The Kier molecular flexibility index (Phi) is 12.3. The first-order valence-electron chi connectivity index (χ1n) is 16.9. The summed E-state index contributed by atoms with van der Waals surface area (Å²) in [7, 11) is 0. The maximum absolute atomic E-state index is 13.9. The highest BCUT2D eigenvalue weighted by Crippen LogP contribution is 2.42. The van der Waals surface area contributed by atoms with Crippen LogP contribution < -0.4 is 31.9 Å². The third kappa shape index (κ3) is 9.22. The smallest absolute Gasteiger partial charge is 0.405 e. The molecule has 16 nitrogen and oxygen atoms in total. The van der Waals surface area contributed by atoms with Gasteiger partial charge in [-0.1, -0.05) is 60.7 Å². The summed E-state index contributed by atoms with van der Waals surface area (Å²) < 4.78 is 0. The fourth-order valence-electron chi connectivity index (χ4n) is 6.09. The van der Waals surface area contributed by atoms with E-state index in [4.69, 9.17) is 0 Å². The summed E-state index contributed by atoms with van der Waals surface area (Å²) >= 11 is 0. The van der Waals surface area contributed by atoms with Gasteiger partial charge in [0.2, 0.25) is 23.4 Å². The van der Waals surface area contributed by atoms with E-state index in [-0.39, 0.29) is 72.6 Å². The van der Waals surface area contributed by atoms with Crippen LogP contribution in [0.15, 0.2) is 84.9 Å². The second-order valence-electron chi connectivity index (χ2n) is 12.2. The molecule has 0 saturated heterocycles. The molecule has 0 unspecified atom stereocenters. The Balaban J connectivity index is 1.29. The van der Waals surface area contributed by atoms with Crippen molar-refractivity contribution in [3.63, 3.8) is 0 Å². The van der Waals surface area contributed by atoms with Crippen LogP contribution in [0.2, 0.25) is 0 Å². The molecule has 0 spiro atoms. The molecule has 4 amide bonds. The minimum atomic E-state index is -1.37. The minimum absolute atomic E-state index is 0.00728. The van der Waals surface area contributed by atoms with Crippen LogP contribution in [-0.4, -0.2) is 94.3 Å². The Hall–Kier alpha value is -7.10. The highest BCUT2D eigenvalue weighted by molar-refractivity contribution is 6.33. The molecule has 0 bridgehead atoms. The molecule has 1 aliphatic carbocycles. The van der Waals surface area contributed by atoms with E-state index in [1.165, 1.54) is 12.1 Å². The minimum Gasteiger partial charge on any atom is -0.507 e. The number of aromatic hydroxyl groups is 2. The zero-order valence-corrected chi connectivity index (χ0v) is 28.7. The van der Waals surface area contributed by atoms with Crippen molar-refractivity contribution in [3.8, 4) is 11.5 Å². The van der Waals surface area contributed by atoms with E-state index in [0.29, 0.717) is 0 Å². The SMILES string of the molecule is O=C(O)N[C@@H](Cc1ccccc1)C(=O)NCCNc1ccc(NCCNC(=O)[C@H](Cc2ccccc2)NC(=O)O)c2c1C(=O)c1c(O)ccc(O)c1C2=O. The van der Waals surface area contributed by atoms with E-state index in [1.54, 1.807) is 60.7 Å². The Morgan fingerprint density at radius 1 is 0.500 bits per heavy atom. The van der Waals surface area contributed by atoms with Crippen molar-refractivity contribution >= 4 is 46.9 Å². The lowest BCUT2D eigenvalue weighted by atomic mass is 9.81. The predicted molar refractivity (Wildman–Crippen MR) is 196 cm³/mol. The van der Waals surface area contributed by atoms with Crippen molar-refractivity contribution in [2.24, 2.45) is 0 Å². The molecular formula is C38H38N6O10. The van der Waals surface area contributed by atoms with E-state index in [2.05, 4.69) is 31.9 Å². The van der Waals surface area contributed by atoms with Crippen molar-refractivity contribution in [3.05, 3.63) is 118 Å². The van der Waals surface area contributed by atoms with Gasteiger partial charge in [0, 0.05) is 50.4 Å². The molecule has 4 aromatic rings. The van der Waals surface area contributed by atoms with E-state index in [9.17, 15) is 49.2 Å². The van der Waals surface area contributed by atoms with Crippen molar-refractivity contribution in [1.82, 2.24) is 21.3 Å². The summed E-state index contributed by atoms with van der Waals surface area (Å²) in [5.74, 6) is -3.70. The van der Waals surface area contributed by atoms with E-state index >= 15 is 0 Å². The second-order valence-corrected chi connectivity index (χ2v) is 12.2. The number of phenols is 2. The largest absolute Gasteiger partial charge is 0.507 e. The summed E-state index contributed by atoms with van der Waals surface area (Å²) in [5.41, 5.74) is 0.850. The van der Waals surface area contributed by atoms with Crippen LogP contribution in [-0.2, 0) is 22.4 Å². The van der Waals surface area contributed by atoms with Crippen molar-refractivity contribution < 1.29 is 49.2 Å². The maximum Gasteiger partial charge on any atom is 0.405 e. The normalized spacial score (nSPS) is 12.7. The lowest BCUT2D eigenvalue weighted by Gasteiger charge is -2.25. The molecule has 0 radical (unpaired) electrons. The highest BCUT2D eigenvalue weighted by atomic mass is 16.4. The number of ketones is 2. The third-order valence-electron chi connectivity index (χ3n) is 8.55. The Bertz CT molecular complexity index is 1910. The average Bonchev–Trinajstić information content (AvgIpc) is 3.14. The zero-order valence-electron chi connectivity index (χ0n) is 28.7. The Morgan fingerprint density at radius 2 is 0.870 bits per heavy atom. The molecule has 5 rings (SSSR count). The molecule has 10 N–H and O–H groups in total. The summed E-state index contributed by atoms with van der Waals surface area (Å²) in [6, 6.07) is 20.8. The highest BCUT2D eigenvalue weighted by Gasteiger charge is 2.38. The summed E-state index contributed by atoms with van der Waals surface area (Å²) in [4.78, 5) is 76.4. The molecule has 54 heavy (non-hydrogen) atoms. The second kappa shape index (κ2) is 17.4. The van der Waals surface area contributed by atoms with Crippen LogP contribution in [0.4, 0.5) is 21.0 Å². The Morgan fingerprint density at radius 3 is 1.22 bits per heavy atom. The van der Waals surface area contributed by atoms with Crippen LogP contribution in [0.25, 0.3) is 0 Å². The molecule has 0 aliphatic heterocycles. The van der Waals surface area contributed by atoms with E-state index < -0.39 is 59.2 Å². The topological polar surface area (TPSA) is 256 Å². The van der Waals surface area contributed by atoms with Crippen molar-refractivity contribution in [2.45, 2.75) is 24.9 Å². The lowest BCUT2D eigenvalue weighted by Crippen LogP contribution is -2.48. The number of carbonyl (C=O) groups excluding carboxylic acids is 4. The number of amides is 4. The number of rotatable bonds is 16. The van der Waals surface area contributed by atoms with Crippen LogP contribution in [0, 0.1) is 0 Å². The van der Waals surface area contributed by atoms with Crippen LogP contribution in [0.5, 0.6) is 11.5 Å². The van der Waals surface area contributed by atoms with Gasteiger partial charge >= 0.3 is 12.2 Å². The monoisotopic (exact) mass is 738 g/mol. The number of hydrogen-bond donors (Lipinski definition) is 10. The van der Waals surface area contributed by atoms with Crippen LogP contribution >= 0.6 is 0 Å². The predicted octanol–water partition coefficient (Wildman–Crippen LogP) is 2.69. The van der Waals surface area contributed by atoms with Crippen LogP contribution in [0.3, 0.4) is 0 Å². The van der Waals surface area contributed by atoms with Gasteiger partial charge in [0.05, 0.1) is 22.3 Å². The summed E-state index contributed by atoms with van der Waals surface area (Å²) in [6.45, 7) is 0.0628. The molecule has 4 aromatic carbocycles. The van der Waals surface area contributed by atoms with Crippen molar-refractivity contribution in [2.75, 3.05) is 36.8 Å². The number of nitrogens with one attached hydrogen (secondary N) is 6. The number of carbonyl (C=O) groups is 6. The van der Waals surface area contributed by atoms with Crippen LogP contribution in [0.1, 0.15) is 43.0 Å². The van der Waals surface area contributed by atoms with Gasteiger partial charge in [0.25, 0.3) is 0 Å². The first kappa shape index (κ1) is 38.1. The molecule has 0 saturated carbocycles. The number of benzene rings is 4.